The van der Waals surface area contributed by atoms with Crippen LogP contribution < -0.4 is 9.46 Å². The summed E-state index contributed by atoms with van der Waals surface area (Å²) in [6, 6.07) is 12.7. The molecule has 2 amide bonds. The lowest BCUT2D eigenvalue weighted by molar-refractivity contribution is -0.198. The van der Waals surface area contributed by atoms with Crippen LogP contribution >= 0.6 is 0 Å². The molecule has 2 saturated heterocycles. The van der Waals surface area contributed by atoms with Crippen LogP contribution in [-0.2, 0) is 21.4 Å². The van der Waals surface area contributed by atoms with Crippen LogP contribution in [0.15, 0.2) is 36.4 Å². The Labute approximate surface area is 283 Å². The predicted octanol–water partition coefficient (Wildman–Crippen LogP) is 5.63. The summed E-state index contributed by atoms with van der Waals surface area (Å²) in [7, 11) is 0.156. The van der Waals surface area contributed by atoms with Crippen molar-refractivity contribution in [1.82, 2.24) is 19.1 Å². The minimum atomic E-state index is -3.73. The molecule has 9 rings (SSSR count). The highest BCUT2D eigenvalue weighted by Crippen LogP contribution is 2.69. The Morgan fingerprint density at radius 1 is 1.02 bits per heavy atom. The lowest BCUT2D eigenvalue weighted by atomic mass is 9.53. The smallest absolute Gasteiger partial charge is 0.264 e. The number of ether oxygens (including phenoxy) is 1. The number of methoxy groups -OCH3 is 1. The molecule has 254 valence electrons. The molecule has 10 heteroatoms. The number of rotatable bonds is 7. The second-order valence-electron chi connectivity index (χ2n) is 15.7. The molecule has 5 fully saturated rings. The molecular formula is C38H46N4O5S. The second kappa shape index (κ2) is 10.6. The summed E-state index contributed by atoms with van der Waals surface area (Å²) in [6.07, 6.45) is 9.33. The van der Waals surface area contributed by atoms with E-state index in [0.717, 1.165) is 66.7 Å². The van der Waals surface area contributed by atoms with E-state index < -0.39 is 21.3 Å². The summed E-state index contributed by atoms with van der Waals surface area (Å²) in [4.78, 5) is 33.2. The van der Waals surface area contributed by atoms with E-state index >= 15 is 4.79 Å². The molecule has 3 aliphatic carbocycles. The summed E-state index contributed by atoms with van der Waals surface area (Å²) in [5.41, 5.74) is 5.75. The Balaban J connectivity index is 1.22. The minimum absolute atomic E-state index is 0.0872. The lowest BCUT2D eigenvalue weighted by Gasteiger charge is -2.68. The SMILES string of the molecule is CCCS(=O)(=O)NC(=O)c1ccc2c(C3CCCCC3)c3n(c2c1)CC1(C(=O)N2C4CCC45CN(C)CC25)CC1c1cc(OC)ccc1-3. The van der Waals surface area contributed by atoms with Crippen LogP contribution in [0, 0.1) is 10.8 Å². The summed E-state index contributed by atoms with van der Waals surface area (Å²) in [5.74, 6) is 0.839. The van der Waals surface area contributed by atoms with Crippen LogP contribution in [-0.4, -0.2) is 79.7 Å². The van der Waals surface area contributed by atoms with Crippen LogP contribution in [0.5, 0.6) is 5.75 Å². The number of fused-ring (bicyclic) bond motifs is 7. The number of piperidine rings is 1. The maximum atomic E-state index is 15.1. The van der Waals surface area contributed by atoms with Gasteiger partial charge >= 0.3 is 0 Å². The van der Waals surface area contributed by atoms with Crippen LogP contribution in [0.3, 0.4) is 0 Å². The van der Waals surface area contributed by atoms with Gasteiger partial charge in [0.15, 0.2) is 0 Å². The van der Waals surface area contributed by atoms with Crippen molar-refractivity contribution in [3.05, 3.63) is 53.1 Å². The average molecular weight is 671 g/mol. The van der Waals surface area contributed by atoms with Crippen molar-refractivity contribution in [1.29, 1.82) is 0 Å². The normalized spacial score (nSPS) is 30.6. The number of aromatic nitrogens is 1. The summed E-state index contributed by atoms with van der Waals surface area (Å²) < 4.78 is 35.6. The molecule has 3 saturated carbocycles. The highest BCUT2D eigenvalue weighted by molar-refractivity contribution is 7.90. The number of amides is 2. The predicted molar refractivity (Wildman–Crippen MR) is 185 cm³/mol. The van der Waals surface area contributed by atoms with E-state index in [0.29, 0.717) is 30.5 Å². The number of likely N-dealkylation sites (tertiary alicyclic amines) is 2. The van der Waals surface area contributed by atoms with E-state index in [1.165, 1.54) is 36.8 Å². The van der Waals surface area contributed by atoms with Gasteiger partial charge in [-0.05, 0) is 92.9 Å². The van der Waals surface area contributed by atoms with Gasteiger partial charge in [0.05, 0.1) is 30.0 Å². The molecule has 3 aromatic rings. The molecule has 3 aliphatic heterocycles. The Kier molecular flexibility index (Phi) is 6.75. The van der Waals surface area contributed by atoms with Crippen LogP contribution in [0.4, 0.5) is 0 Å². The first kappa shape index (κ1) is 30.7. The third-order valence-corrected chi connectivity index (χ3v) is 14.5. The molecule has 1 aromatic heterocycles. The van der Waals surface area contributed by atoms with E-state index in [-0.39, 0.29) is 29.0 Å². The molecular weight excluding hydrogens is 625 g/mol. The Morgan fingerprint density at radius 3 is 2.56 bits per heavy atom. The van der Waals surface area contributed by atoms with Crippen molar-refractivity contribution in [3.8, 4) is 17.0 Å². The first-order valence-electron chi connectivity index (χ1n) is 18.0. The fraction of sp³-hybridized carbons (Fsp3) is 0.579. The Morgan fingerprint density at radius 2 is 1.83 bits per heavy atom. The van der Waals surface area contributed by atoms with Gasteiger partial charge in [-0.3, -0.25) is 9.59 Å². The molecule has 5 atom stereocenters. The Bertz CT molecular complexity index is 1980. The standard InChI is InChI=1S/C38H46N4O5S/c1-4-16-48(45,46)39-35(43)24-10-12-27-30(17-24)41-22-38(36(44)42-31-14-15-37(31)21-40(2)20-32(37)42)19-29(38)28-18-25(47-3)11-13-26(28)34(41)33(27)23-8-6-5-7-9-23/h10-13,17-18,23,29,31-32H,4-9,14-16,19-22H2,1-3H3,(H,39,43). The zero-order valence-electron chi connectivity index (χ0n) is 28.3. The summed E-state index contributed by atoms with van der Waals surface area (Å²) in [6.45, 7) is 4.35. The first-order chi connectivity index (χ1) is 23.1. The van der Waals surface area contributed by atoms with E-state index in [1.807, 2.05) is 18.2 Å². The van der Waals surface area contributed by atoms with Crippen molar-refractivity contribution in [3.63, 3.8) is 0 Å². The molecule has 9 nitrogen and oxygen atoms in total. The van der Waals surface area contributed by atoms with Gasteiger partial charge in [0.2, 0.25) is 15.9 Å². The van der Waals surface area contributed by atoms with Gasteiger partial charge in [-0.1, -0.05) is 32.3 Å². The Hall–Kier alpha value is -3.37. The van der Waals surface area contributed by atoms with Crippen molar-refractivity contribution < 1.29 is 22.7 Å². The minimum Gasteiger partial charge on any atom is -0.497 e. The number of nitrogens with zero attached hydrogens (tertiary/aromatic N) is 3. The molecule has 0 bridgehead atoms. The van der Waals surface area contributed by atoms with Gasteiger partial charge in [0.1, 0.15) is 5.75 Å². The molecule has 48 heavy (non-hydrogen) atoms. The lowest BCUT2D eigenvalue weighted by Crippen LogP contribution is -2.78. The van der Waals surface area contributed by atoms with Crippen molar-refractivity contribution in [2.24, 2.45) is 10.8 Å². The fourth-order valence-electron chi connectivity index (χ4n) is 10.8. The zero-order valence-corrected chi connectivity index (χ0v) is 29.1. The summed E-state index contributed by atoms with van der Waals surface area (Å²) >= 11 is 0. The largest absolute Gasteiger partial charge is 0.497 e. The number of sulfonamides is 1. The number of likely N-dealkylation sites (N-methyl/N-ethyl adjacent to an activating group) is 1. The zero-order chi connectivity index (χ0) is 33.2. The number of carbonyl (C=O) groups excluding carboxylic acids is 2. The van der Waals surface area contributed by atoms with Crippen molar-refractivity contribution in [2.45, 2.75) is 95.2 Å². The van der Waals surface area contributed by atoms with Gasteiger partial charge in [0.25, 0.3) is 5.91 Å². The second-order valence-corrected chi connectivity index (χ2v) is 17.6. The third kappa shape index (κ3) is 4.20. The van der Waals surface area contributed by atoms with Crippen LogP contribution in [0.1, 0.15) is 98.0 Å². The highest BCUT2D eigenvalue weighted by atomic mass is 32.2. The number of nitrogens with one attached hydrogen (secondary N) is 1. The molecule has 1 spiro atoms. The molecule has 1 N–H and O–H groups in total. The monoisotopic (exact) mass is 670 g/mol. The molecule has 5 unspecified atom stereocenters. The number of hydrogen-bond acceptors (Lipinski definition) is 6. The van der Waals surface area contributed by atoms with Crippen LogP contribution in [0.2, 0.25) is 0 Å². The van der Waals surface area contributed by atoms with Gasteiger partial charge in [-0.25, -0.2) is 13.1 Å². The van der Waals surface area contributed by atoms with Crippen molar-refractivity contribution in [2.75, 3.05) is 33.0 Å². The maximum absolute atomic E-state index is 15.1. The average Bonchev–Trinajstić information content (AvgIpc) is 3.61. The number of hydrogen-bond donors (Lipinski definition) is 1. The van der Waals surface area contributed by atoms with Crippen LogP contribution in [0.25, 0.3) is 22.2 Å². The third-order valence-electron chi connectivity index (χ3n) is 13.1. The quantitative estimate of drug-likeness (QED) is 0.350. The number of carbonyl (C=O) groups is 2. The van der Waals surface area contributed by atoms with Crippen molar-refractivity contribution >= 4 is 32.7 Å². The molecule has 6 aliphatic rings. The maximum Gasteiger partial charge on any atom is 0.264 e. The van der Waals surface area contributed by atoms with E-state index in [2.05, 4.69) is 38.3 Å². The van der Waals surface area contributed by atoms with E-state index in [9.17, 15) is 13.2 Å². The fourth-order valence-corrected chi connectivity index (χ4v) is 11.8. The molecule has 0 radical (unpaired) electrons. The highest BCUT2D eigenvalue weighted by Gasteiger charge is 2.74. The van der Waals surface area contributed by atoms with E-state index in [1.54, 1.807) is 20.1 Å². The van der Waals surface area contributed by atoms with Gasteiger partial charge in [0, 0.05) is 59.0 Å². The molecule has 4 heterocycles. The van der Waals surface area contributed by atoms with Gasteiger partial charge < -0.3 is 19.1 Å². The number of benzene rings is 2. The molecule has 2 aromatic carbocycles. The topological polar surface area (TPSA) is 101 Å². The van der Waals surface area contributed by atoms with Gasteiger partial charge in [-0.15, -0.1) is 0 Å². The van der Waals surface area contributed by atoms with Gasteiger partial charge in [-0.2, -0.15) is 0 Å². The summed E-state index contributed by atoms with van der Waals surface area (Å²) in [5, 5.41) is 1.10. The first-order valence-corrected chi connectivity index (χ1v) is 19.7. The van der Waals surface area contributed by atoms with E-state index in [4.69, 9.17) is 4.74 Å².